The molecule has 0 saturated carbocycles. The lowest BCUT2D eigenvalue weighted by molar-refractivity contribution is 0.171. The van der Waals surface area contributed by atoms with Gasteiger partial charge in [-0.05, 0) is 30.3 Å². The third kappa shape index (κ3) is 3.79. The second-order valence-electron chi connectivity index (χ2n) is 5.72. The Morgan fingerprint density at radius 1 is 0.815 bits per heavy atom. The highest BCUT2D eigenvalue weighted by molar-refractivity contribution is 6.42. The summed E-state index contributed by atoms with van der Waals surface area (Å²) in [5.41, 5.74) is 8.06. The van der Waals surface area contributed by atoms with Gasteiger partial charge in [0.05, 0.1) is 10.0 Å². The van der Waals surface area contributed by atoms with Crippen molar-refractivity contribution in [2.24, 2.45) is 0 Å². The van der Waals surface area contributed by atoms with Gasteiger partial charge in [0, 0.05) is 17.4 Å². The third-order valence-electron chi connectivity index (χ3n) is 3.87. The second kappa shape index (κ2) is 7.38. The SMILES string of the molecule is Nc1c(Nc2ccc(Cl)c(Cl)c2)ncnc1Nc1ccc2c(c1)OCCO2. The number of halogens is 2. The average molecular weight is 404 g/mol. The minimum Gasteiger partial charge on any atom is -0.486 e. The molecule has 0 saturated heterocycles. The molecule has 1 aliphatic heterocycles. The fraction of sp³-hybridized carbons (Fsp3) is 0.111. The molecule has 0 amide bonds. The summed E-state index contributed by atoms with van der Waals surface area (Å²) in [5, 5.41) is 7.19. The number of hydrogen-bond donors (Lipinski definition) is 3. The van der Waals surface area contributed by atoms with E-state index in [2.05, 4.69) is 20.6 Å². The van der Waals surface area contributed by atoms with Crippen LogP contribution in [0.15, 0.2) is 42.7 Å². The van der Waals surface area contributed by atoms with Gasteiger partial charge in [-0.3, -0.25) is 0 Å². The Hall–Kier alpha value is -2.90. The summed E-state index contributed by atoms with van der Waals surface area (Å²) < 4.78 is 11.1. The summed E-state index contributed by atoms with van der Waals surface area (Å²) in [6.45, 7) is 1.06. The number of ether oxygens (including phenoxy) is 2. The Morgan fingerprint density at radius 3 is 2.15 bits per heavy atom. The fourth-order valence-electron chi connectivity index (χ4n) is 2.56. The molecular weight excluding hydrogens is 389 g/mol. The summed E-state index contributed by atoms with van der Waals surface area (Å²) in [7, 11) is 0. The monoisotopic (exact) mass is 403 g/mol. The van der Waals surface area contributed by atoms with Gasteiger partial charge in [0.1, 0.15) is 25.2 Å². The molecule has 0 unspecified atom stereocenters. The molecule has 2 heterocycles. The normalized spacial score (nSPS) is 12.5. The Balaban J connectivity index is 1.57. The molecule has 0 atom stereocenters. The second-order valence-corrected chi connectivity index (χ2v) is 6.54. The maximum Gasteiger partial charge on any atom is 0.163 e. The third-order valence-corrected chi connectivity index (χ3v) is 4.61. The van der Waals surface area contributed by atoms with Crippen LogP contribution < -0.4 is 25.8 Å². The van der Waals surface area contributed by atoms with E-state index in [1.807, 2.05) is 18.2 Å². The Bertz CT molecular complexity index is 999. The van der Waals surface area contributed by atoms with Crippen molar-refractivity contribution >= 4 is 51.9 Å². The molecule has 0 fully saturated rings. The Morgan fingerprint density at radius 2 is 1.44 bits per heavy atom. The Labute approximate surface area is 165 Å². The number of nitrogens with two attached hydrogens (primary N) is 1. The standard InChI is InChI=1S/C18H15Cl2N5O2/c19-12-3-1-10(7-13(12)20)24-17-16(21)18(23-9-22-17)25-11-2-4-14-15(8-11)27-6-5-26-14/h1-4,7-9H,5-6,21H2,(H2,22,23,24,25). The van der Waals surface area contributed by atoms with E-state index < -0.39 is 0 Å². The zero-order chi connectivity index (χ0) is 18.8. The lowest BCUT2D eigenvalue weighted by Crippen LogP contribution is -2.15. The molecule has 1 aliphatic rings. The summed E-state index contributed by atoms with van der Waals surface area (Å²) in [6, 6.07) is 10.7. The molecule has 0 spiro atoms. The van der Waals surface area contributed by atoms with E-state index in [-0.39, 0.29) is 0 Å². The highest BCUT2D eigenvalue weighted by atomic mass is 35.5. The minimum atomic E-state index is 0.360. The van der Waals surface area contributed by atoms with E-state index in [1.165, 1.54) is 6.33 Å². The van der Waals surface area contributed by atoms with Crippen LogP contribution in [0.25, 0.3) is 0 Å². The van der Waals surface area contributed by atoms with E-state index in [9.17, 15) is 0 Å². The summed E-state index contributed by atoms with van der Waals surface area (Å²) >= 11 is 12.0. The fourth-order valence-corrected chi connectivity index (χ4v) is 2.86. The van der Waals surface area contributed by atoms with Gasteiger partial charge in [-0.25, -0.2) is 9.97 Å². The van der Waals surface area contributed by atoms with Crippen LogP contribution in [0.4, 0.5) is 28.7 Å². The van der Waals surface area contributed by atoms with Gasteiger partial charge in [-0.2, -0.15) is 0 Å². The molecule has 7 nitrogen and oxygen atoms in total. The topological polar surface area (TPSA) is 94.3 Å². The van der Waals surface area contributed by atoms with Gasteiger partial charge < -0.3 is 25.8 Å². The smallest absolute Gasteiger partial charge is 0.163 e. The van der Waals surface area contributed by atoms with Crippen molar-refractivity contribution in [1.82, 2.24) is 9.97 Å². The highest BCUT2D eigenvalue weighted by Gasteiger charge is 2.14. The van der Waals surface area contributed by atoms with Crippen molar-refractivity contribution in [1.29, 1.82) is 0 Å². The van der Waals surface area contributed by atoms with Crippen LogP contribution in [-0.4, -0.2) is 23.2 Å². The van der Waals surface area contributed by atoms with Gasteiger partial charge >= 0.3 is 0 Å². The molecule has 4 N–H and O–H groups in total. The number of benzene rings is 2. The number of aromatic nitrogens is 2. The van der Waals surface area contributed by atoms with Crippen molar-refractivity contribution < 1.29 is 9.47 Å². The first-order chi connectivity index (χ1) is 13.1. The van der Waals surface area contributed by atoms with Gasteiger partial charge in [-0.15, -0.1) is 0 Å². The zero-order valence-electron chi connectivity index (χ0n) is 14.0. The predicted molar refractivity (Wildman–Crippen MR) is 107 cm³/mol. The maximum absolute atomic E-state index is 6.22. The van der Waals surface area contributed by atoms with Gasteiger partial charge in [-0.1, -0.05) is 23.2 Å². The number of nitrogens with zero attached hydrogens (tertiary/aromatic N) is 2. The molecule has 3 aromatic rings. The molecule has 27 heavy (non-hydrogen) atoms. The largest absolute Gasteiger partial charge is 0.486 e. The number of nitrogen functional groups attached to an aromatic ring is 1. The van der Waals surface area contributed by atoms with Crippen LogP contribution in [0.5, 0.6) is 11.5 Å². The molecule has 2 aromatic carbocycles. The van der Waals surface area contributed by atoms with Gasteiger partial charge in [0.15, 0.2) is 23.1 Å². The van der Waals surface area contributed by atoms with E-state index in [0.717, 1.165) is 5.69 Å². The van der Waals surface area contributed by atoms with E-state index >= 15 is 0 Å². The summed E-state index contributed by atoms with van der Waals surface area (Å²) in [4.78, 5) is 8.40. The molecule has 0 radical (unpaired) electrons. The first-order valence-electron chi connectivity index (χ1n) is 8.09. The van der Waals surface area contributed by atoms with Crippen LogP contribution in [0.3, 0.4) is 0 Å². The highest BCUT2D eigenvalue weighted by Crippen LogP contribution is 2.35. The van der Waals surface area contributed by atoms with Gasteiger partial charge in [0.2, 0.25) is 0 Å². The summed E-state index contributed by atoms with van der Waals surface area (Å²) in [5.74, 6) is 2.30. The number of anilines is 5. The lowest BCUT2D eigenvalue weighted by Gasteiger charge is -2.19. The van der Waals surface area contributed by atoms with Crippen molar-refractivity contribution in [3.8, 4) is 11.5 Å². The quantitative estimate of drug-likeness (QED) is 0.584. The maximum atomic E-state index is 6.22. The molecule has 9 heteroatoms. The zero-order valence-corrected chi connectivity index (χ0v) is 15.5. The number of nitrogens with one attached hydrogen (secondary N) is 2. The van der Waals surface area contributed by atoms with Crippen molar-refractivity contribution in [2.75, 3.05) is 29.6 Å². The lowest BCUT2D eigenvalue weighted by atomic mass is 10.2. The average Bonchev–Trinajstić information content (AvgIpc) is 2.68. The molecule has 0 aliphatic carbocycles. The molecule has 1 aromatic heterocycles. The first kappa shape index (κ1) is 17.5. The van der Waals surface area contributed by atoms with E-state index in [0.29, 0.717) is 57.8 Å². The van der Waals surface area contributed by atoms with Gasteiger partial charge in [0.25, 0.3) is 0 Å². The molecule has 0 bridgehead atoms. The van der Waals surface area contributed by atoms with E-state index in [4.69, 9.17) is 38.4 Å². The first-order valence-corrected chi connectivity index (χ1v) is 8.85. The molecular formula is C18H15Cl2N5O2. The van der Waals surface area contributed by atoms with Crippen LogP contribution in [0, 0.1) is 0 Å². The van der Waals surface area contributed by atoms with Crippen molar-refractivity contribution in [2.45, 2.75) is 0 Å². The number of hydrogen-bond acceptors (Lipinski definition) is 7. The van der Waals surface area contributed by atoms with Crippen molar-refractivity contribution in [3.05, 3.63) is 52.8 Å². The predicted octanol–water partition coefficient (Wildman–Crippen LogP) is 4.62. The van der Waals surface area contributed by atoms with E-state index in [1.54, 1.807) is 18.2 Å². The summed E-state index contributed by atoms with van der Waals surface area (Å²) in [6.07, 6.45) is 1.41. The minimum absolute atomic E-state index is 0.360. The number of rotatable bonds is 4. The van der Waals surface area contributed by atoms with Crippen LogP contribution in [-0.2, 0) is 0 Å². The van der Waals surface area contributed by atoms with Crippen LogP contribution >= 0.6 is 23.2 Å². The van der Waals surface area contributed by atoms with Crippen LogP contribution in [0.2, 0.25) is 10.0 Å². The van der Waals surface area contributed by atoms with Crippen molar-refractivity contribution in [3.63, 3.8) is 0 Å². The van der Waals surface area contributed by atoms with Crippen LogP contribution in [0.1, 0.15) is 0 Å². The molecule has 138 valence electrons. The molecule has 4 rings (SSSR count). The number of fused-ring (bicyclic) bond motifs is 1. The Kier molecular flexibility index (Phi) is 4.79.